The predicted octanol–water partition coefficient (Wildman–Crippen LogP) is 3.95. The van der Waals surface area contributed by atoms with E-state index in [2.05, 4.69) is 13.8 Å². The van der Waals surface area contributed by atoms with Crippen molar-refractivity contribution < 1.29 is 9.13 Å². The number of unbranched alkanes of at least 4 members (excludes halogenated alkanes) is 1. The highest BCUT2D eigenvalue weighted by Gasteiger charge is 2.37. The summed E-state index contributed by atoms with van der Waals surface area (Å²) in [5, 5.41) is 0. The van der Waals surface area contributed by atoms with E-state index in [0.29, 0.717) is 5.75 Å². The molecule has 1 aliphatic heterocycles. The standard InChI is InChI=1S/C15H22FNO/c1-3-5-8-15(4-2)10-13(17)12-7-6-11(16)9-14(12)18-15/h6-7,9,13H,3-5,8,10,17H2,1-2H3/t13-,15?/m0/s1. The minimum atomic E-state index is -0.261. The number of hydrogen-bond acceptors (Lipinski definition) is 2. The molecule has 2 rings (SSSR count). The van der Waals surface area contributed by atoms with Gasteiger partial charge < -0.3 is 10.5 Å². The normalized spacial score (nSPS) is 26.6. The second-order valence-electron chi connectivity index (χ2n) is 5.23. The monoisotopic (exact) mass is 251 g/mol. The zero-order valence-electron chi connectivity index (χ0n) is 11.2. The average Bonchev–Trinajstić information content (AvgIpc) is 2.36. The summed E-state index contributed by atoms with van der Waals surface area (Å²) in [5.41, 5.74) is 6.93. The highest BCUT2D eigenvalue weighted by atomic mass is 19.1. The van der Waals surface area contributed by atoms with Crippen molar-refractivity contribution in [1.29, 1.82) is 0 Å². The first-order valence-electron chi connectivity index (χ1n) is 6.84. The Morgan fingerprint density at radius 1 is 1.44 bits per heavy atom. The number of rotatable bonds is 4. The Kier molecular flexibility index (Phi) is 3.91. The van der Waals surface area contributed by atoms with Crippen molar-refractivity contribution in [3.05, 3.63) is 29.6 Å². The van der Waals surface area contributed by atoms with Gasteiger partial charge in [0.15, 0.2) is 0 Å². The molecule has 0 aliphatic carbocycles. The Morgan fingerprint density at radius 2 is 2.22 bits per heavy atom. The molecule has 2 N–H and O–H groups in total. The molecule has 3 heteroatoms. The Labute approximate surface area is 108 Å². The predicted molar refractivity (Wildman–Crippen MR) is 71.1 cm³/mol. The summed E-state index contributed by atoms with van der Waals surface area (Å²) in [7, 11) is 0. The van der Waals surface area contributed by atoms with Gasteiger partial charge in [0.1, 0.15) is 17.2 Å². The molecule has 0 bridgehead atoms. The fourth-order valence-corrected chi connectivity index (χ4v) is 2.73. The van der Waals surface area contributed by atoms with Crippen LogP contribution in [0.25, 0.3) is 0 Å². The van der Waals surface area contributed by atoms with Gasteiger partial charge in [-0.3, -0.25) is 0 Å². The summed E-state index contributed by atoms with van der Waals surface area (Å²) in [6.07, 6.45) is 4.98. The van der Waals surface area contributed by atoms with Gasteiger partial charge in [0.2, 0.25) is 0 Å². The minimum Gasteiger partial charge on any atom is -0.487 e. The lowest BCUT2D eigenvalue weighted by Crippen LogP contribution is -2.42. The molecule has 0 saturated carbocycles. The third kappa shape index (κ3) is 2.51. The van der Waals surface area contributed by atoms with Crippen molar-refractivity contribution in [1.82, 2.24) is 0 Å². The van der Waals surface area contributed by atoms with E-state index in [1.807, 2.05) is 0 Å². The fourth-order valence-electron chi connectivity index (χ4n) is 2.73. The van der Waals surface area contributed by atoms with Crippen molar-refractivity contribution in [3.63, 3.8) is 0 Å². The molecule has 0 saturated heterocycles. The molecule has 1 heterocycles. The van der Waals surface area contributed by atoms with Gasteiger partial charge in [-0.05, 0) is 25.3 Å². The van der Waals surface area contributed by atoms with Gasteiger partial charge in [0, 0.05) is 24.1 Å². The summed E-state index contributed by atoms with van der Waals surface area (Å²) in [4.78, 5) is 0. The summed E-state index contributed by atoms with van der Waals surface area (Å²) in [5.74, 6) is 0.370. The lowest BCUT2D eigenvalue weighted by Gasteiger charge is -2.41. The zero-order valence-corrected chi connectivity index (χ0v) is 11.2. The van der Waals surface area contributed by atoms with Crippen LogP contribution in [0.15, 0.2) is 18.2 Å². The average molecular weight is 251 g/mol. The zero-order chi connectivity index (χ0) is 13.2. The van der Waals surface area contributed by atoms with Crippen LogP contribution in [0.2, 0.25) is 0 Å². The first-order chi connectivity index (χ1) is 8.60. The molecule has 18 heavy (non-hydrogen) atoms. The SMILES string of the molecule is CCCCC1(CC)C[C@H](N)c2ccc(F)cc2O1. The number of halogens is 1. The van der Waals surface area contributed by atoms with E-state index in [9.17, 15) is 4.39 Å². The first kappa shape index (κ1) is 13.3. The Balaban J connectivity index is 2.29. The van der Waals surface area contributed by atoms with Crippen molar-refractivity contribution in [2.75, 3.05) is 0 Å². The molecule has 0 radical (unpaired) electrons. The fraction of sp³-hybridized carbons (Fsp3) is 0.600. The summed E-state index contributed by atoms with van der Waals surface area (Å²) < 4.78 is 19.4. The van der Waals surface area contributed by atoms with Gasteiger partial charge in [-0.25, -0.2) is 4.39 Å². The molecule has 2 atom stereocenters. The number of nitrogens with two attached hydrogens (primary N) is 1. The van der Waals surface area contributed by atoms with Crippen LogP contribution in [0.5, 0.6) is 5.75 Å². The van der Waals surface area contributed by atoms with Gasteiger partial charge in [0.25, 0.3) is 0 Å². The second kappa shape index (κ2) is 5.27. The molecule has 0 fully saturated rings. The third-order valence-electron chi connectivity index (χ3n) is 3.92. The van der Waals surface area contributed by atoms with Crippen molar-refractivity contribution in [2.45, 2.75) is 57.6 Å². The maximum Gasteiger partial charge on any atom is 0.127 e. The van der Waals surface area contributed by atoms with Crippen molar-refractivity contribution in [2.24, 2.45) is 5.73 Å². The van der Waals surface area contributed by atoms with E-state index >= 15 is 0 Å². The van der Waals surface area contributed by atoms with E-state index in [4.69, 9.17) is 10.5 Å². The molecule has 2 nitrogen and oxygen atoms in total. The topological polar surface area (TPSA) is 35.2 Å². The number of benzene rings is 1. The minimum absolute atomic E-state index is 0.0499. The summed E-state index contributed by atoms with van der Waals surface area (Å²) >= 11 is 0. The quantitative estimate of drug-likeness (QED) is 0.879. The van der Waals surface area contributed by atoms with Gasteiger partial charge >= 0.3 is 0 Å². The van der Waals surface area contributed by atoms with Crippen LogP contribution < -0.4 is 10.5 Å². The second-order valence-corrected chi connectivity index (χ2v) is 5.23. The number of ether oxygens (including phenoxy) is 1. The highest BCUT2D eigenvalue weighted by molar-refractivity contribution is 5.39. The number of hydrogen-bond donors (Lipinski definition) is 1. The molecule has 1 aromatic carbocycles. The highest BCUT2D eigenvalue weighted by Crippen LogP contribution is 2.42. The van der Waals surface area contributed by atoms with Crippen LogP contribution in [0, 0.1) is 5.82 Å². The largest absolute Gasteiger partial charge is 0.487 e. The molecular formula is C15H22FNO. The van der Waals surface area contributed by atoms with Crippen LogP contribution in [-0.2, 0) is 0 Å². The Hall–Kier alpha value is -1.09. The van der Waals surface area contributed by atoms with E-state index in [-0.39, 0.29) is 17.5 Å². The van der Waals surface area contributed by atoms with Gasteiger partial charge in [-0.15, -0.1) is 0 Å². The smallest absolute Gasteiger partial charge is 0.127 e. The maximum absolute atomic E-state index is 13.3. The Morgan fingerprint density at radius 3 is 2.89 bits per heavy atom. The molecule has 1 unspecified atom stereocenters. The maximum atomic E-state index is 13.3. The van der Waals surface area contributed by atoms with Crippen molar-refractivity contribution >= 4 is 0 Å². The van der Waals surface area contributed by atoms with Gasteiger partial charge in [0.05, 0.1) is 0 Å². The summed E-state index contributed by atoms with van der Waals surface area (Å²) in [6, 6.07) is 4.61. The molecule has 0 amide bonds. The molecule has 0 spiro atoms. The lowest BCUT2D eigenvalue weighted by atomic mass is 9.82. The van der Waals surface area contributed by atoms with Crippen LogP contribution in [-0.4, -0.2) is 5.60 Å². The van der Waals surface area contributed by atoms with Crippen molar-refractivity contribution in [3.8, 4) is 5.75 Å². The van der Waals surface area contributed by atoms with Crippen LogP contribution in [0.1, 0.15) is 57.6 Å². The number of fused-ring (bicyclic) bond motifs is 1. The van der Waals surface area contributed by atoms with Crippen LogP contribution in [0.4, 0.5) is 4.39 Å². The first-order valence-corrected chi connectivity index (χ1v) is 6.84. The lowest BCUT2D eigenvalue weighted by molar-refractivity contribution is 0.0214. The molecule has 1 aliphatic rings. The molecular weight excluding hydrogens is 229 g/mol. The van der Waals surface area contributed by atoms with Crippen LogP contribution in [0.3, 0.4) is 0 Å². The molecule has 100 valence electrons. The van der Waals surface area contributed by atoms with Gasteiger partial charge in [-0.1, -0.05) is 26.3 Å². The molecule has 1 aromatic rings. The van der Waals surface area contributed by atoms with Gasteiger partial charge in [-0.2, -0.15) is 0 Å². The van der Waals surface area contributed by atoms with E-state index in [1.165, 1.54) is 12.1 Å². The van der Waals surface area contributed by atoms with E-state index in [0.717, 1.165) is 37.7 Å². The summed E-state index contributed by atoms with van der Waals surface area (Å²) in [6.45, 7) is 4.28. The Bertz CT molecular complexity index is 421. The van der Waals surface area contributed by atoms with E-state index in [1.54, 1.807) is 6.07 Å². The van der Waals surface area contributed by atoms with E-state index < -0.39 is 0 Å². The van der Waals surface area contributed by atoms with Crippen LogP contribution >= 0.6 is 0 Å². The third-order valence-corrected chi connectivity index (χ3v) is 3.92. The molecule has 0 aromatic heterocycles.